The van der Waals surface area contributed by atoms with Crippen LogP contribution in [0.15, 0.2) is 35.1 Å². The Balaban J connectivity index is 2.22. The van der Waals surface area contributed by atoms with Gasteiger partial charge < -0.3 is 9.47 Å². The lowest BCUT2D eigenvalue weighted by Crippen LogP contribution is -2.19. The summed E-state index contributed by atoms with van der Waals surface area (Å²) in [5.74, 6) is 0.924. The molecule has 0 N–H and O–H groups in total. The van der Waals surface area contributed by atoms with Crippen LogP contribution < -0.4 is 4.90 Å². The van der Waals surface area contributed by atoms with Crippen molar-refractivity contribution in [3.8, 4) is 0 Å². The minimum atomic E-state index is -0.409. The van der Waals surface area contributed by atoms with Gasteiger partial charge in [-0.05, 0) is 22.0 Å². The van der Waals surface area contributed by atoms with Gasteiger partial charge in [-0.2, -0.15) is 0 Å². The van der Waals surface area contributed by atoms with Crippen molar-refractivity contribution in [3.05, 3.63) is 51.0 Å². The third-order valence-electron chi connectivity index (χ3n) is 2.85. The molecule has 0 aliphatic heterocycles. The minimum Gasteiger partial charge on any atom is -0.366 e. The molecule has 7 heteroatoms. The van der Waals surface area contributed by atoms with E-state index in [9.17, 15) is 10.1 Å². The fourth-order valence-electron chi connectivity index (χ4n) is 1.77. The molecule has 1 heterocycles. The fourth-order valence-corrected chi connectivity index (χ4v) is 2.43. The number of non-ortho nitro benzene ring substituents is 1. The Morgan fingerprint density at radius 3 is 2.79 bits per heavy atom. The number of anilines is 1. The lowest BCUT2D eigenvalue weighted by atomic mass is 10.2. The topological polar surface area (TPSA) is 64.2 Å². The smallest absolute Gasteiger partial charge is 0.270 e. The van der Waals surface area contributed by atoms with Gasteiger partial charge in [0.05, 0.1) is 17.2 Å². The SMILES string of the molecule is CN(Cc1nccn1C)c1ccc([N+](=O)[O-])cc1Br. The maximum absolute atomic E-state index is 10.7. The van der Waals surface area contributed by atoms with Gasteiger partial charge >= 0.3 is 0 Å². The van der Waals surface area contributed by atoms with E-state index in [1.54, 1.807) is 12.3 Å². The fraction of sp³-hybridized carbons (Fsp3) is 0.250. The summed E-state index contributed by atoms with van der Waals surface area (Å²) in [4.78, 5) is 16.5. The number of imidazole rings is 1. The van der Waals surface area contributed by atoms with Gasteiger partial charge in [0.15, 0.2) is 0 Å². The van der Waals surface area contributed by atoms with Gasteiger partial charge in [0, 0.05) is 43.1 Å². The van der Waals surface area contributed by atoms with Gasteiger partial charge in [0.25, 0.3) is 5.69 Å². The maximum Gasteiger partial charge on any atom is 0.270 e. The second-order valence-electron chi connectivity index (χ2n) is 4.20. The van der Waals surface area contributed by atoms with Crippen LogP contribution in [-0.4, -0.2) is 21.5 Å². The number of benzene rings is 1. The highest BCUT2D eigenvalue weighted by Crippen LogP contribution is 2.30. The lowest BCUT2D eigenvalue weighted by Gasteiger charge is -2.20. The Bertz CT molecular complexity index is 612. The zero-order valence-electron chi connectivity index (χ0n) is 10.6. The molecule has 0 saturated heterocycles. The molecule has 0 unspecified atom stereocenters. The highest BCUT2D eigenvalue weighted by atomic mass is 79.9. The van der Waals surface area contributed by atoms with Crippen molar-refractivity contribution in [2.75, 3.05) is 11.9 Å². The van der Waals surface area contributed by atoms with E-state index < -0.39 is 4.92 Å². The van der Waals surface area contributed by atoms with E-state index >= 15 is 0 Å². The quantitative estimate of drug-likeness (QED) is 0.640. The molecule has 1 aromatic heterocycles. The van der Waals surface area contributed by atoms with Crippen molar-refractivity contribution in [2.24, 2.45) is 7.05 Å². The van der Waals surface area contributed by atoms with Gasteiger partial charge in [-0.1, -0.05) is 0 Å². The van der Waals surface area contributed by atoms with Gasteiger partial charge in [-0.15, -0.1) is 0 Å². The normalized spacial score (nSPS) is 10.5. The molecule has 0 spiro atoms. The van der Waals surface area contributed by atoms with E-state index in [0.717, 1.165) is 11.5 Å². The molecule has 0 amide bonds. The molecule has 6 nitrogen and oxygen atoms in total. The number of halogens is 1. The van der Waals surface area contributed by atoms with Crippen LogP contribution in [0.4, 0.5) is 11.4 Å². The summed E-state index contributed by atoms with van der Waals surface area (Å²) in [7, 11) is 3.85. The maximum atomic E-state index is 10.7. The number of nitro benzene ring substituents is 1. The van der Waals surface area contributed by atoms with Crippen LogP contribution in [0.3, 0.4) is 0 Å². The van der Waals surface area contributed by atoms with Crippen LogP contribution >= 0.6 is 15.9 Å². The summed E-state index contributed by atoms with van der Waals surface area (Å²) in [6, 6.07) is 4.73. The second-order valence-corrected chi connectivity index (χ2v) is 5.06. The van der Waals surface area contributed by atoms with Crippen molar-refractivity contribution in [1.82, 2.24) is 9.55 Å². The van der Waals surface area contributed by atoms with Crippen molar-refractivity contribution >= 4 is 27.3 Å². The average molecular weight is 325 g/mol. The monoisotopic (exact) mass is 324 g/mol. The molecule has 100 valence electrons. The van der Waals surface area contributed by atoms with Crippen LogP contribution in [0.5, 0.6) is 0 Å². The van der Waals surface area contributed by atoms with Crippen LogP contribution in [0.25, 0.3) is 0 Å². The van der Waals surface area contributed by atoms with E-state index in [1.807, 2.05) is 29.8 Å². The molecule has 0 atom stereocenters. The lowest BCUT2D eigenvalue weighted by molar-refractivity contribution is -0.384. The Morgan fingerprint density at radius 1 is 1.53 bits per heavy atom. The standard InChI is InChI=1S/C12H13BrN4O2/c1-15-6-5-14-12(15)8-16(2)11-4-3-9(17(18)19)7-10(11)13/h3-7H,8H2,1-2H3. The third-order valence-corrected chi connectivity index (χ3v) is 3.49. The predicted molar refractivity (Wildman–Crippen MR) is 76.1 cm³/mol. The number of aromatic nitrogens is 2. The number of rotatable bonds is 4. The molecule has 2 rings (SSSR count). The number of hydrogen-bond acceptors (Lipinski definition) is 4. The second kappa shape index (κ2) is 5.40. The summed E-state index contributed by atoms with van der Waals surface area (Å²) < 4.78 is 2.63. The predicted octanol–water partition coefficient (Wildman–Crippen LogP) is 2.73. The van der Waals surface area contributed by atoms with Crippen LogP contribution in [0.2, 0.25) is 0 Å². The summed E-state index contributed by atoms with van der Waals surface area (Å²) >= 11 is 3.37. The van der Waals surface area contributed by atoms with E-state index in [1.165, 1.54) is 12.1 Å². The molecule has 0 radical (unpaired) electrons. The Labute approximate surface area is 119 Å². The first-order chi connectivity index (χ1) is 8.99. The summed E-state index contributed by atoms with van der Waals surface area (Å²) in [5.41, 5.74) is 0.953. The molecular weight excluding hydrogens is 312 g/mol. The number of aryl methyl sites for hydroxylation is 1. The zero-order chi connectivity index (χ0) is 14.0. The van der Waals surface area contributed by atoms with E-state index in [2.05, 4.69) is 20.9 Å². The van der Waals surface area contributed by atoms with Gasteiger partial charge in [0.2, 0.25) is 0 Å². The number of nitro groups is 1. The van der Waals surface area contributed by atoms with Gasteiger partial charge in [-0.25, -0.2) is 4.98 Å². The molecule has 0 aliphatic carbocycles. The molecule has 0 saturated carbocycles. The van der Waals surface area contributed by atoms with E-state index in [4.69, 9.17) is 0 Å². The molecule has 0 bridgehead atoms. The Hall–Kier alpha value is -1.89. The minimum absolute atomic E-state index is 0.0704. The summed E-state index contributed by atoms with van der Waals surface area (Å²) in [6.07, 6.45) is 3.63. The van der Waals surface area contributed by atoms with E-state index in [-0.39, 0.29) is 5.69 Å². The molecule has 0 fully saturated rings. The summed E-state index contributed by atoms with van der Waals surface area (Å²) in [6.45, 7) is 0.625. The van der Waals surface area contributed by atoms with Crippen molar-refractivity contribution in [3.63, 3.8) is 0 Å². The number of hydrogen-bond donors (Lipinski definition) is 0. The van der Waals surface area contributed by atoms with Crippen molar-refractivity contribution < 1.29 is 4.92 Å². The average Bonchev–Trinajstić information content (AvgIpc) is 2.74. The molecule has 19 heavy (non-hydrogen) atoms. The highest BCUT2D eigenvalue weighted by Gasteiger charge is 2.13. The molecule has 2 aromatic rings. The molecular formula is C12H13BrN4O2. The molecule has 1 aromatic carbocycles. The first-order valence-electron chi connectivity index (χ1n) is 5.60. The first-order valence-corrected chi connectivity index (χ1v) is 6.39. The molecule has 0 aliphatic rings. The van der Waals surface area contributed by atoms with Gasteiger partial charge in [-0.3, -0.25) is 10.1 Å². The zero-order valence-corrected chi connectivity index (χ0v) is 12.2. The van der Waals surface area contributed by atoms with Crippen LogP contribution in [0, 0.1) is 10.1 Å². The van der Waals surface area contributed by atoms with Crippen LogP contribution in [0.1, 0.15) is 5.82 Å². The first kappa shape index (κ1) is 13.5. The highest BCUT2D eigenvalue weighted by molar-refractivity contribution is 9.10. The van der Waals surface area contributed by atoms with Crippen LogP contribution in [-0.2, 0) is 13.6 Å². The van der Waals surface area contributed by atoms with Crippen molar-refractivity contribution in [2.45, 2.75) is 6.54 Å². The Morgan fingerprint density at radius 2 is 2.26 bits per heavy atom. The van der Waals surface area contributed by atoms with E-state index in [0.29, 0.717) is 11.0 Å². The summed E-state index contributed by atoms with van der Waals surface area (Å²) in [5, 5.41) is 10.7. The third kappa shape index (κ3) is 2.93. The van der Waals surface area contributed by atoms with Crippen molar-refractivity contribution in [1.29, 1.82) is 0 Å². The largest absolute Gasteiger partial charge is 0.366 e. The van der Waals surface area contributed by atoms with Gasteiger partial charge in [0.1, 0.15) is 5.82 Å². The Kier molecular flexibility index (Phi) is 3.84. The number of nitrogens with zero attached hydrogens (tertiary/aromatic N) is 4.